The van der Waals surface area contributed by atoms with E-state index in [0.717, 1.165) is 5.56 Å². The van der Waals surface area contributed by atoms with Crippen molar-refractivity contribution >= 4 is 17.6 Å². The molecule has 2 aromatic rings. The van der Waals surface area contributed by atoms with Gasteiger partial charge in [0.25, 0.3) is 5.91 Å². The molecule has 3 rings (SSSR count). The Labute approximate surface area is 140 Å². The zero-order valence-electron chi connectivity index (χ0n) is 13.7. The van der Waals surface area contributed by atoms with Gasteiger partial charge in [0.15, 0.2) is 6.61 Å². The molecule has 0 unspecified atom stereocenters. The lowest BCUT2D eigenvalue weighted by Crippen LogP contribution is -2.38. The number of amides is 1. The average molecular weight is 325 g/mol. The molecule has 1 amide bonds. The van der Waals surface area contributed by atoms with Gasteiger partial charge in [-0.2, -0.15) is 0 Å². The van der Waals surface area contributed by atoms with Gasteiger partial charge in [-0.25, -0.2) is 4.79 Å². The van der Waals surface area contributed by atoms with Gasteiger partial charge in [-0.05, 0) is 35.2 Å². The van der Waals surface area contributed by atoms with Crippen LogP contribution in [0.3, 0.4) is 0 Å². The first kappa shape index (κ1) is 16.1. The third kappa shape index (κ3) is 3.11. The van der Waals surface area contributed by atoms with Gasteiger partial charge < -0.3 is 14.7 Å². The number of hydrogen-bond donors (Lipinski definition) is 1. The lowest BCUT2D eigenvalue weighted by atomic mass is 10.0. The summed E-state index contributed by atoms with van der Waals surface area (Å²) in [7, 11) is 0. The van der Waals surface area contributed by atoms with Crippen molar-refractivity contribution in [3.8, 4) is 5.75 Å². The molecule has 24 heavy (non-hydrogen) atoms. The standard InChI is InChI=1S/C19H19NO4/c1-12(2)14-5-3-13(4-6-14)10-20-16-9-15(19(22)23)7-8-17(16)24-11-18(20)21/h3-9,12H,10-11H2,1-2H3,(H,22,23). The first-order valence-corrected chi connectivity index (χ1v) is 7.85. The van der Waals surface area contributed by atoms with E-state index in [1.54, 1.807) is 11.0 Å². The molecule has 5 heteroatoms. The molecule has 0 aromatic heterocycles. The molecule has 2 aromatic carbocycles. The van der Waals surface area contributed by atoms with E-state index in [2.05, 4.69) is 26.0 Å². The van der Waals surface area contributed by atoms with Crippen LogP contribution in [0.15, 0.2) is 42.5 Å². The molecule has 0 saturated heterocycles. The monoisotopic (exact) mass is 325 g/mol. The van der Waals surface area contributed by atoms with Crippen molar-refractivity contribution in [1.82, 2.24) is 0 Å². The van der Waals surface area contributed by atoms with E-state index in [9.17, 15) is 9.59 Å². The lowest BCUT2D eigenvalue weighted by Gasteiger charge is -2.29. The largest absolute Gasteiger partial charge is 0.482 e. The molecule has 1 heterocycles. The molecule has 0 spiro atoms. The van der Waals surface area contributed by atoms with Gasteiger partial charge in [0.05, 0.1) is 17.8 Å². The normalized spacial score (nSPS) is 13.6. The molecule has 0 aliphatic carbocycles. The highest BCUT2D eigenvalue weighted by Gasteiger charge is 2.26. The first-order chi connectivity index (χ1) is 11.5. The summed E-state index contributed by atoms with van der Waals surface area (Å²) in [6.07, 6.45) is 0. The summed E-state index contributed by atoms with van der Waals surface area (Å²) >= 11 is 0. The number of anilines is 1. The number of carbonyl (C=O) groups is 2. The van der Waals surface area contributed by atoms with Crippen LogP contribution in [-0.4, -0.2) is 23.6 Å². The minimum Gasteiger partial charge on any atom is -0.482 e. The number of ether oxygens (including phenoxy) is 1. The molecule has 0 fully saturated rings. The van der Waals surface area contributed by atoms with Crippen molar-refractivity contribution < 1.29 is 19.4 Å². The van der Waals surface area contributed by atoms with E-state index < -0.39 is 5.97 Å². The summed E-state index contributed by atoms with van der Waals surface area (Å²) in [6, 6.07) is 12.7. The van der Waals surface area contributed by atoms with Gasteiger partial charge in [-0.3, -0.25) is 4.79 Å². The van der Waals surface area contributed by atoms with Crippen LogP contribution in [0, 0.1) is 0 Å². The summed E-state index contributed by atoms with van der Waals surface area (Å²) in [5, 5.41) is 9.17. The van der Waals surface area contributed by atoms with Gasteiger partial charge in [-0.1, -0.05) is 38.1 Å². The predicted octanol–water partition coefficient (Wildman–Crippen LogP) is 3.43. The smallest absolute Gasteiger partial charge is 0.335 e. The lowest BCUT2D eigenvalue weighted by molar-refractivity contribution is -0.121. The minimum atomic E-state index is -1.03. The second-order valence-corrected chi connectivity index (χ2v) is 6.15. The number of hydrogen-bond acceptors (Lipinski definition) is 3. The van der Waals surface area contributed by atoms with E-state index >= 15 is 0 Å². The summed E-state index contributed by atoms with van der Waals surface area (Å²) in [4.78, 5) is 25.0. The highest BCUT2D eigenvalue weighted by atomic mass is 16.5. The van der Waals surface area contributed by atoms with Crippen molar-refractivity contribution in [2.24, 2.45) is 0 Å². The fourth-order valence-corrected chi connectivity index (χ4v) is 2.70. The summed E-state index contributed by atoms with van der Waals surface area (Å²) in [5.74, 6) is -0.239. The average Bonchev–Trinajstić information content (AvgIpc) is 2.57. The second kappa shape index (κ2) is 6.35. The van der Waals surface area contributed by atoms with E-state index in [1.807, 2.05) is 12.1 Å². The maximum Gasteiger partial charge on any atom is 0.335 e. The number of carboxylic acid groups (broad SMARTS) is 1. The van der Waals surface area contributed by atoms with Crippen molar-refractivity contribution in [1.29, 1.82) is 0 Å². The molecule has 1 aliphatic heterocycles. The number of fused-ring (bicyclic) bond motifs is 1. The number of nitrogens with zero attached hydrogens (tertiary/aromatic N) is 1. The molecular formula is C19H19NO4. The Morgan fingerprint density at radius 3 is 2.54 bits per heavy atom. The number of carbonyl (C=O) groups excluding carboxylic acids is 1. The zero-order valence-corrected chi connectivity index (χ0v) is 13.7. The van der Waals surface area contributed by atoms with Gasteiger partial charge in [0.2, 0.25) is 0 Å². The Kier molecular flexibility index (Phi) is 4.25. The molecule has 1 N–H and O–H groups in total. The Hall–Kier alpha value is -2.82. The molecule has 0 radical (unpaired) electrons. The van der Waals surface area contributed by atoms with Crippen LogP contribution in [0.2, 0.25) is 0 Å². The van der Waals surface area contributed by atoms with E-state index in [1.165, 1.54) is 17.7 Å². The van der Waals surface area contributed by atoms with Gasteiger partial charge in [-0.15, -0.1) is 0 Å². The molecule has 5 nitrogen and oxygen atoms in total. The summed E-state index contributed by atoms with van der Waals surface area (Å²) in [5.41, 5.74) is 2.85. The molecule has 0 saturated carbocycles. The van der Waals surface area contributed by atoms with Crippen molar-refractivity contribution in [2.75, 3.05) is 11.5 Å². The maximum atomic E-state index is 12.3. The van der Waals surface area contributed by atoms with Crippen molar-refractivity contribution in [2.45, 2.75) is 26.3 Å². The molecule has 124 valence electrons. The van der Waals surface area contributed by atoms with E-state index in [4.69, 9.17) is 9.84 Å². The summed E-state index contributed by atoms with van der Waals surface area (Å²) in [6.45, 7) is 4.61. The van der Waals surface area contributed by atoms with Crippen LogP contribution in [-0.2, 0) is 11.3 Å². The SMILES string of the molecule is CC(C)c1ccc(CN2C(=O)COc3ccc(C(=O)O)cc32)cc1. The molecule has 1 aliphatic rings. The molecule has 0 bridgehead atoms. The highest BCUT2D eigenvalue weighted by Crippen LogP contribution is 2.34. The first-order valence-electron chi connectivity index (χ1n) is 7.85. The van der Waals surface area contributed by atoms with Crippen molar-refractivity contribution in [3.05, 3.63) is 59.2 Å². The van der Waals surface area contributed by atoms with Gasteiger partial charge in [0, 0.05) is 0 Å². The quantitative estimate of drug-likeness (QED) is 0.935. The predicted molar refractivity (Wildman–Crippen MR) is 90.6 cm³/mol. The van der Waals surface area contributed by atoms with Crippen LogP contribution >= 0.6 is 0 Å². The van der Waals surface area contributed by atoms with Crippen LogP contribution in [0.1, 0.15) is 41.3 Å². The van der Waals surface area contributed by atoms with E-state index in [0.29, 0.717) is 23.9 Å². The maximum absolute atomic E-state index is 12.3. The Morgan fingerprint density at radius 1 is 1.21 bits per heavy atom. The zero-order chi connectivity index (χ0) is 17.3. The fraction of sp³-hybridized carbons (Fsp3) is 0.263. The van der Waals surface area contributed by atoms with E-state index in [-0.39, 0.29) is 18.1 Å². The molecular weight excluding hydrogens is 306 g/mol. The third-order valence-corrected chi connectivity index (χ3v) is 4.14. The Balaban J connectivity index is 1.91. The van der Waals surface area contributed by atoms with Crippen LogP contribution in [0.5, 0.6) is 5.75 Å². The Bertz CT molecular complexity index is 780. The number of aromatic carboxylic acids is 1. The molecule has 0 atom stereocenters. The van der Waals surface area contributed by atoms with Crippen molar-refractivity contribution in [3.63, 3.8) is 0 Å². The van der Waals surface area contributed by atoms with Gasteiger partial charge >= 0.3 is 5.97 Å². The fourth-order valence-electron chi connectivity index (χ4n) is 2.70. The van der Waals surface area contributed by atoms with Gasteiger partial charge in [0.1, 0.15) is 5.75 Å². The highest BCUT2D eigenvalue weighted by molar-refractivity contribution is 5.99. The van der Waals surface area contributed by atoms with Crippen LogP contribution < -0.4 is 9.64 Å². The van der Waals surface area contributed by atoms with Crippen LogP contribution in [0.4, 0.5) is 5.69 Å². The van der Waals surface area contributed by atoms with Crippen LogP contribution in [0.25, 0.3) is 0 Å². The Morgan fingerprint density at radius 2 is 1.92 bits per heavy atom. The topological polar surface area (TPSA) is 66.8 Å². The number of rotatable bonds is 4. The minimum absolute atomic E-state index is 0.0382. The number of benzene rings is 2. The summed E-state index contributed by atoms with van der Waals surface area (Å²) < 4.78 is 5.40. The third-order valence-electron chi connectivity index (χ3n) is 4.14. The number of carboxylic acids is 1. The second-order valence-electron chi connectivity index (χ2n) is 6.15.